The van der Waals surface area contributed by atoms with Gasteiger partial charge < -0.3 is 19.1 Å². The molecule has 1 rings (SSSR count). The maximum absolute atomic E-state index is 12.5. The molecule has 0 aromatic heterocycles. The summed E-state index contributed by atoms with van der Waals surface area (Å²) < 4.78 is 15.9. The molecular weight excluding hydrogens is 318 g/mol. The number of hydrogen-bond donors (Lipinski definition) is 0. The van der Waals surface area contributed by atoms with E-state index in [9.17, 15) is 4.79 Å². The van der Waals surface area contributed by atoms with E-state index in [1.54, 1.807) is 33.5 Å². The van der Waals surface area contributed by atoms with Gasteiger partial charge in [-0.25, -0.2) is 0 Å². The van der Waals surface area contributed by atoms with E-state index >= 15 is 0 Å². The van der Waals surface area contributed by atoms with Gasteiger partial charge in [0.2, 0.25) is 0 Å². The highest BCUT2D eigenvalue weighted by Crippen LogP contribution is 2.35. The third-order valence-corrected chi connectivity index (χ3v) is 3.77. The molecule has 0 bridgehead atoms. The van der Waals surface area contributed by atoms with Crippen molar-refractivity contribution in [3.8, 4) is 17.2 Å². The van der Waals surface area contributed by atoms with Crippen LogP contribution in [0, 0.1) is 0 Å². The smallest absolute Gasteiger partial charge is 0.170 e. The molecule has 0 fully saturated rings. The van der Waals surface area contributed by atoms with E-state index < -0.39 is 0 Å². The number of Topliss-reactive ketones (excluding diaryl/α,β-unsaturated/α-hetero) is 1. The molecule has 0 heterocycles. The van der Waals surface area contributed by atoms with Gasteiger partial charge in [0.05, 0.1) is 21.3 Å². The van der Waals surface area contributed by atoms with Crippen molar-refractivity contribution in [3.05, 3.63) is 17.7 Å². The van der Waals surface area contributed by atoms with E-state index in [0.29, 0.717) is 29.2 Å². The van der Waals surface area contributed by atoms with Gasteiger partial charge in [0.25, 0.3) is 0 Å². The molecule has 0 saturated carbocycles. The zero-order valence-corrected chi connectivity index (χ0v) is 15.5. The zero-order chi connectivity index (χ0) is 16.5. The van der Waals surface area contributed by atoms with Gasteiger partial charge in [-0.15, -0.1) is 12.4 Å². The number of carbonyl (C=O) groups is 1. The molecule has 1 aromatic rings. The summed E-state index contributed by atoms with van der Waals surface area (Å²) in [5.41, 5.74) is 0.491. The minimum atomic E-state index is 0. The molecule has 23 heavy (non-hydrogen) atoms. The normalized spacial score (nSPS) is 10.2. The monoisotopic (exact) mass is 345 g/mol. The van der Waals surface area contributed by atoms with E-state index in [2.05, 4.69) is 18.7 Å². The Bertz CT molecular complexity index is 464. The minimum absolute atomic E-state index is 0. The topological polar surface area (TPSA) is 48.0 Å². The Kier molecular flexibility index (Phi) is 10.4. The molecule has 0 atom stereocenters. The van der Waals surface area contributed by atoms with Crippen molar-refractivity contribution < 1.29 is 19.0 Å². The summed E-state index contributed by atoms with van der Waals surface area (Å²) in [4.78, 5) is 14.8. The molecule has 5 nitrogen and oxygen atoms in total. The average Bonchev–Trinajstić information content (AvgIpc) is 2.56. The fourth-order valence-electron chi connectivity index (χ4n) is 2.41. The van der Waals surface area contributed by atoms with Crippen LogP contribution in [0.3, 0.4) is 0 Å². The van der Waals surface area contributed by atoms with Crippen molar-refractivity contribution in [2.24, 2.45) is 0 Å². The van der Waals surface area contributed by atoms with Gasteiger partial charge >= 0.3 is 0 Å². The highest BCUT2D eigenvalue weighted by Gasteiger charge is 2.20. The SMILES string of the molecule is CCN(CC)CCCC(=O)c1c(OC)cc(OC)cc1OC.Cl. The zero-order valence-electron chi connectivity index (χ0n) is 14.7. The number of carbonyl (C=O) groups excluding carboxylic acids is 1. The van der Waals surface area contributed by atoms with Gasteiger partial charge in [-0.05, 0) is 26.1 Å². The number of halogens is 1. The largest absolute Gasteiger partial charge is 0.496 e. The van der Waals surface area contributed by atoms with E-state index in [0.717, 1.165) is 26.1 Å². The lowest BCUT2D eigenvalue weighted by Gasteiger charge is -2.18. The average molecular weight is 346 g/mol. The predicted octanol–water partition coefficient (Wildman–Crippen LogP) is 3.44. The molecule has 132 valence electrons. The van der Waals surface area contributed by atoms with Crippen LogP contribution in [0.4, 0.5) is 0 Å². The van der Waals surface area contributed by atoms with Gasteiger partial charge in [-0.2, -0.15) is 0 Å². The van der Waals surface area contributed by atoms with Crippen molar-refractivity contribution >= 4 is 18.2 Å². The second kappa shape index (κ2) is 11.1. The lowest BCUT2D eigenvalue weighted by atomic mass is 10.0. The summed E-state index contributed by atoms with van der Waals surface area (Å²) in [6.07, 6.45) is 1.29. The Hall–Kier alpha value is -1.46. The van der Waals surface area contributed by atoms with E-state index in [1.165, 1.54) is 0 Å². The summed E-state index contributed by atoms with van der Waals surface area (Å²) in [5.74, 6) is 1.62. The minimum Gasteiger partial charge on any atom is -0.496 e. The van der Waals surface area contributed by atoms with Crippen molar-refractivity contribution in [1.29, 1.82) is 0 Å². The van der Waals surface area contributed by atoms with Crippen molar-refractivity contribution in [2.45, 2.75) is 26.7 Å². The van der Waals surface area contributed by atoms with Crippen LogP contribution in [0.2, 0.25) is 0 Å². The molecular formula is C17H28ClNO4. The van der Waals surface area contributed by atoms with Gasteiger partial charge in [-0.1, -0.05) is 13.8 Å². The molecule has 0 spiro atoms. The van der Waals surface area contributed by atoms with E-state index in [-0.39, 0.29) is 18.2 Å². The second-order valence-electron chi connectivity index (χ2n) is 4.96. The first-order valence-electron chi connectivity index (χ1n) is 7.66. The van der Waals surface area contributed by atoms with Gasteiger partial charge in [-0.3, -0.25) is 4.79 Å². The van der Waals surface area contributed by atoms with Crippen LogP contribution >= 0.6 is 12.4 Å². The second-order valence-corrected chi connectivity index (χ2v) is 4.96. The molecule has 0 aliphatic heterocycles. The van der Waals surface area contributed by atoms with Crippen molar-refractivity contribution in [2.75, 3.05) is 41.0 Å². The van der Waals surface area contributed by atoms with Gasteiger partial charge in [0, 0.05) is 18.6 Å². The molecule has 0 saturated heterocycles. The Labute approximate surface area is 145 Å². The summed E-state index contributed by atoms with van der Waals surface area (Å²) in [6, 6.07) is 3.42. The maximum Gasteiger partial charge on any atom is 0.170 e. The predicted molar refractivity (Wildman–Crippen MR) is 94.7 cm³/mol. The number of nitrogens with zero attached hydrogens (tertiary/aromatic N) is 1. The number of ether oxygens (including phenoxy) is 3. The fraction of sp³-hybridized carbons (Fsp3) is 0.588. The first-order valence-corrected chi connectivity index (χ1v) is 7.66. The van der Waals surface area contributed by atoms with E-state index in [4.69, 9.17) is 14.2 Å². The molecule has 0 radical (unpaired) electrons. The third-order valence-electron chi connectivity index (χ3n) is 3.77. The maximum atomic E-state index is 12.5. The quantitative estimate of drug-likeness (QED) is 0.608. The van der Waals surface area contributed by atoms with Crippen molar-refractivity contribution in [3.63, 3.8) is 0 Å². The van der Waals surface area contributed by atoms with Crippen LogP contribution in [0.15, 0.2) is 12.1 Å². The molecule has 0 N–H and O–H groups in total. The Morgan fingerprint density at radius 3 is 1.91 bits per heavy atom. The third kappa shape index (κ3) is 5.92. The summed E-state index contributed by atoms with van der Waals surface area (Å²) >= 11 is 0. The number of hydrogen-bond acceptors (Lipinski definition) is 5. The van der Waals surface area contributed by atoms with Crippen LogP contribution in [-0.2, 0) is 0 Å². The lowest BCUT2D eigenvalue weighted by molar-refractivity contribution is 0.0969. The molecule has 6 heteroatoms. The first kappa shape index (κ1) is 21.5. The summed E-state index contributed by atoms with van der Waals surface area (Å²) in [7, 11) is 4.65. The highest BCUT2D eigenvalue weighted by molar-refractivity contribution is 6.01. The number of benzene rings is 1. The van der Waals surface area contributed by atoms with Crippen LogP contribution in [-0.4, -0.2) is 51.6 Å². The number of ketones is 1. The van der Waals surface area contributed by atoms with Crippen LogP contribution in [0.1, 0.15) is 37.0 Å². The number of rotatable bonds is 10. The molecule has 1 aromatic carbocycles. The van der Waals surface area contributed by atoms with Crippen LogP contribution in [0.5, 0.6) is 17.2 Å². The summed E-state index contributed by atoms with van der Waals surface area (Å²) in [6.45, 7) is 7.17. The lowest BCUT2D eigenvalue weighted by Crippen LogP contribution is -2.24. The van der Waals surface area contributed by atoms with Crippen molar-refractivity contribution in [1.82, 2.24) is 4.90 Å². The summed E-state index contributed by atoms with van der Waals surface area (Å²) in [5, 5.41) is 0. The molecule has 0 aliphatic rings. The van der Waals surface area contributed by atoms with Gasteiger partial charge in [0.15, 0.2) is 5.78 Å². The fourth-order valence-corrected chi connectivity index (χ4v) is 2.41. The van der Waals surface area contributed by atoms with Gasteiger partial charge in [0.1, 0.15) is 22.8 Å². The first-order chi connectivity index (χ1) is 10.6. The Morgan fingerprint density at radius 1 is 1.00 bits per heavy atom. The molecule has 0 unspecified atom stereocenters. The Morgan fingerprint density at radius 2 is 1.52 bits per heavy atom. The molecule has 0 amide bonds. The molecule has 0 aliphatic carbocycles. The Balaban J connectivity index is 0.00000484. The van der Waals surface area contributed by atoms with Crippen LogP contribution in [0.25, 0.3) is 0 Å². The van der Waals surface area contributed by atoms with E-state index in [1.807, 2.05) is 0 Å². The van der Waals surface area contributed by atoms with Crippen LogP contribution < -0.4 is 14.2 Å². The highest BCUT2D eigenvalue weighted by atomic mass is 35.5. The number of methoxy groups -OCH3 is 3. The standard InChI is InChI=1S/C17H27NO4.ClH/c1-6-18(7-2)10-8-9-14(19)17-15(21-4)11-13(20-3)12-16(17)22-5;/h11-12H,6-10H2,1-5H3;1H.